The van der Waals surface area contributed by atoms with E-state index in [1.54, 1.807) is 7.11 Å². The minimum Gasteiger partial charge on any atom is -0.497 e. The number of allylic oxidation sites excluding steroid dienone is 1. The predicted octanol–water partition coefficient (Wildman–Crippen LogP) is 3.82. The fraction of sp³-hybridized carbons (Fsp3) is 0.385. The Morgan fingerprint density at radius 3 is 3.00 bits per heavy atom. The lowest BCUT2D eigenvalue weighted by Crippen LogP contribution is -1.94. The molecule has 0 fully saturated rings. The van der Waals surface area contributed by atoms with E-state index in [1.807, 2.05) is 6.07 Å². The molecule has 15 heavy (non-hydrogen) atoms. The van der Waals surface area contributed by atoms with Crippen LogP contribution < -0.4 is 4.74 Å². The molecular weight excluding hydrogens is 208 g/mol. The molecule has 0 aliphatic heterocycles. The van der Waals surface area contributed by atoms with Crippen molar-refractivity contribution in [3.8, 4) is 5.75 Å². The zero-order chi connectivity index (χ0) is 10.7. The van der Waals surface area contributed by atoms with Crippen molar-refractivity contribution in [2.75, 3.05) is 13.0 Å². The number of hydrogen-bond donors (Lipinski definition) is 0. The van der Waals surface area contributed by atoms with Crippen LogP contribution in [0.25, 0.3) is 6.08 Å². The van der Waals surface area contributed by atoms with Crippen molar-refractivity contribution in [3.63, 3.8) is 0 Å². The number of alkyl halides is 1. The molecule has 1 aromatic rings. The fourth-order valence-electron chi connectivity index (χ4n) is 2.03. The largest absolute Gasteiger partial charge is 0.497 e. The first kappa shape index (κ1) is 10.6. The summed E-state index contributed by atoms with van der Waals surface area (Å²) in [5, 5.41) is 0. The first-order chi connectivity index (χ1) is 7.35. The average molecular weight is 223 g/mol. The molecule has 2 rings (SSSR count). The fourth-order valence-corrected chi connectivity index (χ4v) is 2.19. The summed E-state index contributed by atoms with van der Waals surface area (Å²) in [5.41, 5.74) is 2.69. The van der Waals surface area contributed by atoms with E-state index in [-0.39, 0.29) is 0 Å². The summed E-state index contributed by atoms with van der Waals surface area (Å²) in [6, 6.07) is 6.28. The molecule has 0 aromatic heterocycles. The van der Waals surface area contributed by atoms with Gasteiger partial charge in [0.05, 0.1) is 7.11 Å². The van der Waals surface area contributed by atoms with Crippen LogP contribution in [-0.2, 0) is 0 Å². The van der Waals surface area contributed by atoms with Crippen molar-refractivity contribution in [2.45, 2.75) is 18.8 Å². The van der Waals surface area contributed by atoms with Crippen molar-refractivity contribution < 1.29 is 4.74 Å². The minimum absolute atomic E-state index is 0.546. The van der Waals surface area contributed by atoms with E-state index < -0.39 is 0 Å². The normalized spacial score (nSPS) is 17.9. The van der Waals surface area contributed by atoms with Gasteiger partial charge in [0.1, 0.15) is 5.75 Å². The van der Waals surface area contributed by atoms with Gasteiger partial charge in [0.2, 0.25) is 0 Å². The van der Waals surface area contributed by atoms with Gasteiger partial charge in [-0.15, -0.1) is 11.6 Å². The summed E-state index contributed by atoms with van der Waals surface area (Å²) >= 11 is 5.71. The Hall–Kier alpha value is -0.950. The standard InChI is InChI=1S/C13H15ClO/c1-15-12-6-7-13-10(3-2-8-14)4-5-11(13)9-12/h4-7,9-10H,2-3,8H2,1H3/t10-/m0/s1. The smallest absolute Gasteiger partial charge is 0.119 e. The lowest BCUT2D eigenvalue weighted by Gasteiger charge is -2.10. The molecule has 0 saturated carbocycles. The summed E-state index contributed by atoms with van der Waals surface area (Å²) in [7, 11) is 1.70. The molecule has 0 N–H and O–H groups in total. The van der Waals surface area contributed by atoms with Gasteiger partial charge in [-0.3, -0.25) is 0 Å². The minimum atomic E-state index is 0.546. The Morgan fingerprint density at radius 1 is 1.40 bits per heavy atom. The van der Waals surface area contributed by atoms with Crippen LogP contribution in [0, 0.1) is 0 Å². The van der Waals surface area contributed by atoms with Crippen molar-refractivity contribution in [2.24, 2.45) is 0 Å². The zero-order valence-electron chi connectivity index (χ0n) is 8.87. The van der Waals surface area contributed by atoms with Crippen molar-refractivity contribution in [1.82, 2.24) is 0 Å². The lowest BCUT2D eigenvalue weighted by molar-refractivity contribution is 0.414. The summed E-state index contributed by atoms with van der Waals surface area (Å²) in [6.45, 7) is 0. The van der Waals surface area contributed by atoms with Gasteiger partial charge in [0.15, 0.2) is 0 Å². The van der Waals surface area contributed by atoms with E-state index in [4.69, 9.17) is 16.3 Å². The molecule has 0 bridgehead atoms. The summed E-state index contributed by atoms with van der Waals surface area (Å²) in [5.74, 6) is 2.22. The highest BCUT2D eigenvalue weighted by Gasteiger charge is 2.16. The molecule has 1 nitrogen and oxygen atoms in total. The van der Waals surface area contributed by atoms with E-state index in [9.17, 15) is 0 Å². The highest BCUT2D eigenvalue weighted by molar-refractivity contribution is 6.17. The maximum absolute atomic E-state index is 5.71. The van der Waals surface area contributed by atoms with Crippen LogP contribution in [0.4, 0.5) is 0 Å². The van der Waals surface area contributed by atoms with Gasteiger partial charge in [0.25, 0.3) is 0 Å². The third-order valence-corrected chi connectivity index (χ3v) is 3.12. The second kappa shape index (κ2) is 4.71. The van der Waals surface area contributed by atoms with E-state index in [0.717, 1.165) is 24.5 Å². The Bertz CT molecular complexity index is 371. The van der Waals surface area contributed by atoms with Crippen LogP contribution in [-0.4, -0.2) is 13.0 Å². The maximum Gasteiger partial charge on any atom is 0.119 e. The van der Waals surface area contributed by atoms with Crippen LogP contribution in [0.5, 0.6) is 5.75 Å². The molecule has 0 unspecified atom stereocenters. The monoisotopic (exact) mass is 222 g/mol. The highest BCUT2D eigenvalue weighted by Crippen LogP contribution is 2.35. The number of hydrogen-bond acceptors (Lipinski definition) is 1. The topological polar surface area (TPSA) is 9.23 Å². The molecule has 0 radical (unpaired) electrons. The van der Waals surface area contributed by atoms with Crippen molar-refractivity contribution >= 4 is 17.7 Å². The molecule has 0 amide bonds. The molecule has 0 saturated heterocycles. The first-order valence-corrected chi connectivity index (χ1v) is 5.80. The van der Waals surface area contributed by atoms with Gasteiger partial charge in [0, 0.05) is 11.8 Å². The lowest BCUT2D eigenvalue weighted by atomic mass is 9.96. The van der Waals surface area contributed by atoms with E-state index in [0.29, 0.717) is 5.92 Å². The molecule has 0 heterocycles. The number of rotatable bonds is 4. The van der Waals surface area contributed by atoms with Gasteiger partial charge in [-0.05, 0) is 36.1 Å². The van der Waals surface area contributed by atoms with Gasteiger partial charge in [-0.2, -0.15) is 0 Å². The maximum atomic E-state index is 5.71. The molecular formula is C13H15ClO. The number of ether oxygens (including phenoxy) is 1. The SMILES string of the molecule is COc1ccc2c(c1)C=C[C@@H]2CCCCl. The Balaban J connectivity index is 2.17. The molecule has 1 aliphatic rings. The third-order valence-electron chi connectivity index (χ3n) is 2.85. The molecule has 80 valence electrons. The van der Waals surface area contributed by atoms with E-state index >= 15 is 0 Å². The molecule has 0 spiro atoms. The average Bonchev–Trinajstić information content (AvgIpc) is 2.68. The van der Waals surface area contributed by atoms with Crippen LogP contribution in [0.2, 0.25) is 0 Å². The summed E-state index contributed by atoms with van der Waals surface area (Å²) < 4.78 is 5.20. The van der Waals surface area contributed by atoms with Crippen LogP contribution >= 0.6 is 11.6 Å². The molecule has 1 aromatic carbocycles. The summed E-state index contributed by atoms with van der Waals surface area (Å²) in [4.78, 5) is 0. The Morgan fingerprint density at radius 2 is 2.27 bits per heavy atom. The quantitative estimate of drug-likeness (QED) is 0.704. The molecule has 1 aliphatic carbocycles. The number of halogens is 1. The number of fused-ring (bicyclic) bond motifs is 1. The van der Waals surface area contributed by atoms with Gasteiger partial charge < -0.3 is 4.74 Å². The summed E-state index contributed by atoms with van der Waals surface area (Å²) in [6.07, 6.45) is 6.65. The predicted molar refractivity (Wildman–Crippen MR) is 64.7 cm³/mol. The van der Waals surface area contributed by atoms with Crippen LogP contribution in [0.1, 0.15) is 29.9 Å². The van der Waals surface area contributed by atoms with Crippen LogP contribution in [0.15, 0.2) is 24.3 Å². The third kappa shape index (κ3) is 2.18. The highest BCUT2D eigenvalue weighted by atomic mass is 35.5. The second-order valence-electron chi connectivity index (χ2n) is 3.79. The molecule has 1 atom stereocenters. The Kier molecular flexibility index (Phi) is 3.32. The van der Waals surface area contributed by atoms with E-state index in [1.165, 1.54) is 11.1 Å². The van der Waals surface area contributed by atoms with E-state index in [2.05, 4.69) is 24.3 Å². The second-order valence-corrected chi connectivity index (χ2v) is 4.17. The van der Waals surface area contributed by atoms with Gasteiger partial charge >= 0.3 is 0 Å². The molecule has 2 heteroatoms. The van der Waals surface area contributed by atoms with Crippen molar-refractivity contribution in [3.05, 3.63) is 35.4 Å². The number of benzene rings is 1. The van der Waals surface area contributed by atoms with Crippen LogP contribution in [0.3, 0.4) is 0 Å². The number of methoxy groups -OCH3 is 1. The van der Waals surface area contributed by atoms with Gasteiger partial charge in [-0.25, -0.2) is 0 Å². The zero-order valence-corrected chi connectivity index (χ0v) is 9.63. The van der Waals surface area contributed by atoms with Gasteiger partial charge in [-0.1, -0.05) is 18.2 Å². The first-order valence-electron chi connectivity index (χ1n) is 5.27. The Labute approximate surface area is 95.7 Å². The van der Waals surface area contributed by atoms with Crippen molar-refractivity contribution in [1.29, 1.82) is 0 Å².